The quantitative estimate of drug-likeness (QED) is 0.641. The van der Waals surface area contributed by atoms with Gasteiger partial charge in [-0.3, -0.25) is 0 Å². The smallest absolute Gasteiger partial charge is 0.0693 e. The Morgan fingerprint density at radius 2 is 2.08 bits per heavy atom. The van der Waals surface area contributed by atoms with E-state index in [0.717, 1.165) is 12.8 Å². The van der Waals surface area contributed by atoms with Gasteiger partial charge < -0.3 is 0 Å². The zero-order valence-electron chi connectivity index (χ0n) is 8.47. The summed E-state index contributed by atoms with van der Waals surface area (Å²) in [5, 5.41) is 9.27. The number of thioether (sulfide) groups is 1. The maximum absolute atomic E-state index is 9.27. The highest BCUT2D eigenvalue weighted by atomic mass is 32.2. The zero-order chi connectivity index (χ0) is 9.53. The predicted octanol–water partition coefficient (Wildman–Crippen LogP) is 3.21. The topological polar surface area (TPSA) is 23.8 Å². The van der Waals surface area contributed by atoms with Crippen molar-refractivity contribution in [3.8, 4) is 6.07 Å². The molecule has 1 unspecified atom stereocenters. The van der Waals surface area contributed by atoms with Crippen molar-refractivity contribution in [2.45, 2.75) is 44.3 Å². The van der Waals surface area contributed by atoms with Gasteiger partial charge in [-0.15, -0.1) is 0 Å². The second-order valence-electron chi connectivity index (χ2n) is 4.91. The Morgan fingerprint density at radius 1 is 1.38 bits per heavy atom. The average molecular weight is 195 g/mol. The molecule has 0 amide bonds. The third-order valence-electron chi connectivity index (χ3n) is 3.86. The highest BCUT2D eigenvalue weighted by Gasteiger charge is 2.52. The monoisotopic (exact) mass is 195 g/mol. The third kappa shape index (κ3) is 1.29. The van der Waals surface area contributed by atoms with Crippen LogP contribution in [0.1, 0.15) is 39.5 Å². The van der Waals surface area contributed by atoms with Gasteiger partial charge in [0.1, 0.15) is 0 Å². The molecule has 72 valence electrons. The summed E-state index contributed by atoms with van der Waals surface area (Å²) in [4.78, 5) is 0. The van der Waals surface area contributed by atoms with E-state index in [-0.39, 0.29) is 5.41 Å². The summed E-state index contributed by atoms with van der Waals surface area (Å²) in [7, 11) is 0. The molecule has 0 bridgehead atoms. The van der Waals surface area contributed by atoms with Gasteiger partial charge in [-0.1, -0.05) is 20.3 Å². The third-order valence-corrected chi connectivity index (χ3v) is 5.32. The standard InChI is InChI=1S/C11H17NS/c1-10(2)9(4-7-13-10)11(8-12)5-3-6-11/h9H,3-7H2,1-2H3. The van der Waals surface area contributed by atoms with Crippen LogP contribution < -0.4 is 0 Å². The Bertz CT molecular complexity index is 247. The summed E-state index contributed by atoms with van der Waals surface area (Å²) in [6.45, 7) is 4.62. The fourth-order valence-corrected chi connectivity index (χ4v) is 4.35. The van der Waals surface area contributed by atoms with Crippen LogP contribution in [-0.4, -0.2) is 10.5 Å². The maximum atomic E-state index is 9.27. The van der Waals surface area contributed by atoms with E-state index in [1.165, 1.54) is 18.6 Å². The lowest BCUT2D eigenvalue weighted by atomic mass is 9.58. The number of hydrogen-bond acceptors (Lipinski definition) is 2. The molecule has 0 aromatic carbocycles. The Kier molecular flexibility index (Phi) is 2.11. The van der Waals surface area contributed by atoms with Crippen LogP contribution in [0.5, 0.6) is 0 Å². The molecule has 0 spiro atoms. The summed E-state index contributed by atoms with van der Waals surface area (Å²) < 4.78 is 0.343. The highest BCUT2D eigenvalue weighted by Crippen LogP contribution is 2.58. The molecule has 0 N–H and O–H groups in total. The minimum Gasteiger partial charge on any atom is -0.198 e. The highest BCUT2D eigenvalue weighted by molar-refractivity contribution is 8.00. The normalized spacial score (nSPS) is 35.0. The molecule has 2 fully saturated rings. The SMILES string of the molecule is CC1(C)SCCC1C1(C#N)CCC1. The van der Waals surface area contributed by atoms with Crippen molar-refractivity contribution in [1.82, 2.24) is 0 Å². The molecule has 1 heterocycles. The van der Waals surface area contributed by atoms with E-state index in [1.807, 2.05) is 11.8 Å². The van der Waals surface area contributed by atoms with Gasteiger partial charge in [0.25, 0.3) is 0 Å². The van der Waals surface area contributed by atoms with E-state index >= 15 is 0 Å². The van der Waals surface area contributed by atoms with Crippen molar-refractivity contribution in [1.29, 1.82) is 5.26 Å². The van der Waals surface area contributed by atoms with Crippen LogP contribution >= 0.6 is 11.8 Å². The van der Waals surface area contributed by atoms with Crippen molar-refractivity contribution in [3.63, 3.8) is 0 Å². The Balaban J connectivity index is 2.20. The fraction of sp³-hybridized carbons (Fsp3) is 0.909. The van der Waals surface area contributed by atoms with Gasteiger partial charge in [0.2, 0.25) is 0 Å². The van der Waals surface area contributed by atoms with E-state index in [4.69, 9.17) is 0 Å². The summed E-state index contributed by atoms with van der Waals surface area (Å²) in [6.07, 6.45) is 4.83. The van der Waals surface area contributed by atoms with Crippen LogP contribution in [0.15, 0.2) is 0 Å². The summed E-state index contributed by atoms with van der Waals surface area (Å²) in [6, 6.07) is 2.60. The van der Waals surface area contributed by atoms with Crippen LogP contribution in [0.3, 0.4) is 0 Å². The van der Waals surface area contributed by atoms with Gasteiger partial charge in [0.15, 0.2) is 0 Å². The summed E-state index contributed by atoms with van der Waals surface area (Å²) >= 11 is 2.05. The van der Waals surface area contributed by atoms with E-state index in [0.29, 0.717) is 10.7 Å². The molecule has 0 aromatic rings. The van der Waals surface area contributed by atoms with E-state index < -0.39 is 0 Å². The summed E-state index contributed by atoms with van der Waals surface area (Å²) in [5.41, 5.74) is 0.0625. The number of hydrogen-bond donors (Lipinski definition) is 0. The molecule has 1 aliphatic heterocycles. The molecule has 1 nitrogen and oxygen atoms in total. The fourth-order valence-electron chi connectivity index (χ4n) is 2.93. The molecule has 0 aromatic heterocycles. The lowest BCUT2D eigenvalue weighted by molar-refractivity contribution is 0.0979. The molecular weight excluding hydrogens is 178 g/mol. The van der Waals surface area contributed by atoms with Crippen LogP contribution in [0.2, 0.25) is 0 Å². The maximum Gasteiger partial charge on any atom is 0.0693 e. The molecule has 2 heteroatoms. The second-order valence-corrected chi connectivity index (χ2v) is 6.66. The molecule has 1 aliphatic carbocycles. The van der Waals surface area contributed by atoms with E-state index in [2.05, 4.69) is 19.9 Å². The lowest BCUT2D eigenvalue weighted by Gasteiger charge is -2.45. The molecule has 13 heavy (non-hydrogen) atoms. The van der Waals surface area contributed by atoms with Crippen molar-refractivity contribution in [2.24, 2.45) is 11.3 Å². The number of nitrogens with zero attached hydrogens (tertiary/aromatic N) is 1. The average Bonchev–Trinajstić information content (AvgIpc) is 2.31. The Hall–Kier alpha value is -0.160. The molecule has 1 saturated heterocycles. The van der Waals surface area contributed by atoms with E-state index in [9.17, 15) is 5.26 Å². The summed E-state index contributed by atoms with van der Waals surface area (Å²) in [5.74, 6) is 1.89. The van der Waals surface area contributed by atoms with Gasteiger partial charge in [-0.2, -0.15) is 17.0 Å². The first kappa shape index (κ1) is 9.40. The second kappa shape index (κ2) is 2.92. The zero-order valence-corrected chi connectivity index (χ0v) is 9.28. The van der Waals surface area contributed by atoms with Crippen molar-refractivity contribution >= 4 is 11.8 Å². The van der Waals surface area contributed by atoms with Crippen molar-refractivity contribution in [2.75, 3.05) is 5.75 Å². The van der Waals surface area contributed by atoms with Crippen molar-refractivity contribution < 1.29 is 0 Å². The van der Waals surface area contributed by atoms with Gasteiger partial charge in [0, 0.05) is 4.75 Å². The molecule has 2 rings (SSSR count). The molecular formula is C11H17NS. The Morgan fingerprint density at radius 3 is 2.38 bits per heavy atom. The van der Waals surface area contributed by atoms with Crippen LogP contribution in [0.4, 0.5) is 0 Å². The minimum atomic E-state index is 0.0625. The lowest BCUT2D eigenvalue weighted by Crippen LogP contribution is -2.43. The van der Waals surface area contributed by atoms with E-state index in [1.54, 1.807) is 0 Å². The van der Waals surface area contributed by atoms with Crippen molar-refractivity contribution in [3.05, 3.63) is 0 Å². The minimum absolute atomic E-state index is 0.0625. The van der Waals surface area contributed by atoms with Gasteiger partial charge in [-0.05, 0) is 30.9 Å². The molecule has 2 aliphatic rings. The largest absolute Gasteiger partial charge is 0.198 e. The first-order chi connectivity index (χ1) is 6.11. The first-order valence-electron chi connectivity index (χ1n) is 5.16. The number of rotatable bonds is 1. The molecule has 1 atom stereocenters. The van der Waals surface area contributed by atoms with Gasteiger partial charge >= 0.3 is 0 Å². The molecule has 0 radical (unpaired) electrons. The van der Waals surface area contributed by atoms with Crippen LogP contribution in [-0.2, 0) is 0 Å². The number of nitriles is 1. The van der Waals surface area contributed by atoms with Crippen LogP contribution in [0, 0.1) is 22.7 Å². The first-order valence-corrected chi connectivity index (χ1v) is 6.14. The molecule has 1 saturated carbocycles. The van der Waals surface area contributed by atoms with Gasteiger partial charge in [-0.25, -0.2) is 0 Å². The van der Waals surface area contributed by atoms with Crippen LogP contribution in [0.25, 0.3) is 0 Å². The van der Waals surface area contributed by atoms with Gasteiger partial charge in [0.05, 0.1) is 11.5 Å². The Labute approximate surface area is 84.9 Å². The predicted molar refractivity (Wildman–Crippen MR) is 56.5 cm³/mol.